The van der Waals surface area contributed by atoms with E-state index >= 15 is 0 Å². The van der Waals surface area contributed by atoms with Crippen LogP contribution < -0.4 is 0 Å². The second kappa shape index (κ2) is 4.97. The molecule has 2 heteroatoms. The van der Waals surface area contributed by atoms with Gasteiger partial charge in [0, 0.05) is 4.47 Å². The van der Waals surface area contributed by atoms with E-state index in [4.69, 9.17) is 4.74 Å². The first kappa shape index (κ1) is 13.1. The molecule has 0 atom stereocenters. The highest BCUT2D eigenvalue weighted by molar-refractivity contribution is 9.10. The fourth-order valence-electron chi connectivity index (χ4n) is 3.20. The average Bonchev–Trinajstić information content (AvgIpc) is 2.95. The average molecular weight is 339 g/mol. The second-order valence-corrected chi connectivity index (χ2v) is 6.39. The van der Waals surface area contributed by atoms with Crippen molar-refractivity contribution in [1.82, 2.24) is 0 Å². The molecule has 0 radical (unpaired) electrons. The highest BCUT2D eigenvalue weighted by atomic mass is 79.9. The summed E-state index contributed by atoms with van der Waals surface area (Å²) < 4.78 is 6.85. The minimum Gasteiger partial charge on any atom is -0.372 e. The van der Waals surface area contributed by atoms with Crippen molar-refractivity contribution in [2.24, 2.45) is 0 Å². The van der Waals surface area contributed by atoms with Gasteiger partial charge in [-0.1, -0.05) is 52.3 Å². The number of rotatable bonds is 1. The summed E-state index contributed by atoms with van der Waals surface area (Å²) >= 11 is 3.70. The monoisotopic (exact) mass is 338 g/mol. The van der Waals surface area contributed by atoms with Gasteiger partial charge in [-0.2, -0.15) is 0 Å². The van der Waals surface area contributed by atoms with E-state index in [9.17, 15) is 0 Å². The summed E-state index contributed by atoms with van der Waals surface area (Å²) in [7, 11) is 0. The van der Waals surface area contributed by atoms with Crippen molar-refractivity contribution in [3.63, 3.8) is 0 Å². The van der Waals surface area contributed by atoms with Gasteiger partial charge in [-0.05, 0) is 57.6 Å². The first-order valence-corrected chi connectivity index (χ1v) is 7.92. The van der Waals surface area contributed by atoms with E-state index in [0.29, 0.717) is 6.61 Å². The Morgan fingerprint density at radius 2 is 1.81 bits per heavy atom. The van der Waals surface area contributed by atoms with Crippen molar-refractivity contribution in [2.45, 2.75) is 20.1 Å². The van der Waals surface area contributed by atoms with Crippen LogP contribution in [0.4, 0.5) is 0 Å². The van der Waals surface area contributed by atoms with E-state index in [0.717, 1.165) is 11.1 Å². The highest BCUT2D eigenvalue weighted by Gasteiger charge is 2.21. The lowest BCUT2D eigenvalue weighted by atomic mass is 9.89. The van der Waals surface area contributed by atoms with Crippen molar-refractivity contribution in [1.29, 1.82) is 0 Å². The molecule has 1 nitrogen and oxygen atoms in total. The number of fused-ring (bicyclic) bond motifs is 2. The van der Waals surface area contributed by atoms with Gasteiger partial charge in [-0.3, -0.25) is 0 Å². The van der Waals surface area contributed by atoms with Crippen molar-refractivity contribution in [3.8, 4) is 11.1 Å². The zero-order valence-corrected chi connectivity index (χ0v) is 13.4. The van der Waals surface area contributed by atoms with Crippen LogP contribution in [0.25, 0.3) is 21.9 Å². The molecule has 4 rings (SSSR count). The third kappa shape index (κ3) is 2.02. The fraction of sp³-hybridized carbons (Fsp3) is 0.158. The van der Waals surface area contributed by atoms with Crippen molar-refractivity contribution in [2.75, 3.05) is 0 Å². The van der Waals surface area contributed by atoms with Crippen LogP contribution in [0, 0.1) is 6.92 Å². The molecular formula is C19H15BrO. The fourth-order valence-corrected chi connectivity index (χ4v) is 3.69. The summed E-state index contributed by atoms with van der Waals surface area (Å²) in [5.74, 6) is 0. The van der Waals surface area contributed by atoms with Crippen LogP contribution in [0.2, 0.25) is 0 Å². The summed E-state index contributed by atoms with van der Waals surface area (Å²) in [6.45, 7) is 3.60. The molecule has 0 N–H and O–H groups in total. The van der Waals surface area contributed by atoms with Crippen LogP contribution in [-0.4, -0.2) is 0 Å². The van der Waals surface area contributed by atoms with Gasteiger partial charge in [-0.15, -0.1) is 0 Å². The summed E-state index contributed by atoms with van der Waals surface area (Å²) in [6, 6.07) is 17.3. The molecule has 0 aliphatic carbocycles. The van der Waals surface area contributed by atoms with Gasteiger partial charge < -0.3 is 4.74 Å². The summed E-state index contributed by atoms with van der Waals surface area (Å²) in [5, 5.41) is 2.64. The lowest BCUT2D eigenvalue weighted by molar-refractivity contribution is 0.134. The Bertz CT molecular complexity index is 852. The second-order valence-electron chi connectivity index (χ2n) is 5.53. The highest BCUT2D eigenvalue weighted by Crippen LogP contribution is 2.41. The topological polar surface area (TPSA) is 9.23 Å². The molecule has 3 aromatic carbocycles. The summed E-state index contributed by atoms with van der Waals surface area (Å²) in [6.07, 6.45) is 0. The molecule has 0 saturated heterocycles. The molecule has 1 heterocycles. The maximum Gasteiger partial charge on any atom is 0.0731 e. The van der Waals surface area contributed by atoms with Gasteiger partial charge in [0.2, 0.25) is 0 Å². The third-order valence-corrected chi connectivity index (χ3v) is 4.94. The third-order valence-electron chi connectivity index (χ3n) is 4.25. The zero-order valence-electron chi connectivity index (χ0n) is 11.8. The van der Waals surface area contributed by atoms with Crippen molar-refractivity contribution >= 4 is 26.7 Å². The summed E-state index contributed by atoms with van der Waals surface area (Å²) in [5.41, 5.74) is 6.53. The van der Waals surface area contributed by atoms with Gasteiger partial charge in [0.15, 0.2) is 0 Å². The van der Waals surface area contributed by atoms with Gasteiger partial charge in [-0.25, -0.2) is 0 Å². The smallest absolute Gasteiger partial charge is 0.0731 e. The molecule has 104 valence electrons. The number of halogens is 1. The van der Waals surface area contributed by atoms with Crippen LogP contribution >= 0.6 is 15.9 Å². The molecule has 0 unspecified atom stereocenters. The van der Waals surface area contributed by atoms with Crippen LogP contribution in [0.1, 0.15) is 16.7 Å². The van der Waals surface area contributed by atoms with Gasteiger partial charge in [0.1, 0.15) is 0 Å². The normalized spacial score (nSPS) is 13.6. The molecule has 3 aromatic rings. The van der Waals surface area contributed by atoms with Gasteiger partial charge in [0.05, 0.1) is 13.2 Å². The first-order chi connectivity index (χ1) is 10.3. The Morgan fingerprint density at radius 3 is 2.67 bits per heavy atom. The van der Waals surface area contributed by atoms with Crippen LogP contribution in [0.3, 0.4) is 0 Å². The molecule has 0 amide bonds. The molecular weight excluding hydrogens is 324 g/mol. The minimum atomic E-state index is 0.704. The van der Waals surface area contributed by atoms with Crippen molar-refractivity contribution < 1.29 is 4.74 Å². The Labute approximate surface area is 132 Å². The van der Waals surface area contributed by atoms with E-state index in [1.54, 1.807) is 0 Å². The molecule has 0 spiro atoms. The Balaban J connectivity index is 2.17. The quantitative estimate of drug-likeness (QED) is 0.560. The molecule has 0 bridgehead atoms. The van der Waals surface area contributed by atoms with Crippen LogP contribution in [-0.2, 0) is 18.0 Å². The van der Waals surface area contributed by atoms with Crippen molar-refractivity contribution in [3.05, 3.63) is 69.7 Å². The minimum absolute atomic E-state index is 0.704. The Morgan fingerprint density at radius 1 is 0.952 bits per heavy atom. The maximum atomic E-state index is 5.71. The zero-order chi connectivity index (χ0) is 14.4. The molecule has 0 saturated carbocycles. The summed E-state index contributed by atoms with van der Waals surface area (Å²) in [4.78, 5) is 0. The van der Waals surface area contributed by atoms with E-state index in [2.05, 4.69) is 71.4 Å². The van der Waals surface area contributed by atoms with Gasteiger partial charge >= 0.3 is 0 Å². The Kier molecular flexibility index (Phi) is 3.09. The number of hydrogen-bond acceptors (Lipinski definition) is 1. The van der Waals surface area contributed by atoms with E-state index in [1.807, 2.05) is 0 Å². The largest absolute Gasteiger partial charge is 0.372 e. The SMILES string of the molecule is Cc1cccc2c(-c3ccccc3Br)c3c(cc12)COC3. The number of aryl methyl sites for hydroxylation is 1. The van der Waals surface area contributed by atoms with E-state index < -0.39 is 0 Å². The van der Waals surface area contributed by atoms with E-state index in [1.165, 1.54) is 38.6 Å². The molecule has 1 aliphatic rings. The van der Waals surface area contributed by atoms with Gasteiger partial charge in [0.25, 0.3) is 0 Å². The number of benzene rings is 3. The predicted molar refractivity (Wildman–Crippen MR) is 90.3 cm³/mol. The Hall–Kier alpha value is -1.64. The number of hydrogen-bond donors (Lipinski definition) is 0. The standard InChI is InChI=1S/C19H15BrO/c1-12-5-4-7-14-16(12)9-13-10-21-11-17(13)19(14)15-6-2-3-8-18(15)20/h2-9H,10-11H2,1H3. The molecule has 0 fully saturated rings. The van der Waals surface area contributed by atoms with Crippen LogP contribution in [0.15, 0.2) is 53.0 Å². The first-order valence-electron chi connectivity index (χ1n) is 7.12. The number of ether oxygens (including phenoxy) is 1. The van der Waals surface area contributed by atoms with Crippen LogP contribution in [0.5, 0.6) is 0 Å². The molecule has 21 heavy (non-hydrogen) atoms. The maximum absolute atomic E-state index is 5.71. The lowest BCUT2D eigenvalue weighted by Crippen LogP contribution is -1.93. The predicted octanol–water partition coefficient (Wildman–Crippen LogP) is 5.61. The molecule has 1 aliphatic heterocycles. The molecule has 0 aromatic heterocycles. The van der Waals surface area contributed by atoms with E-state index in [-0.39, 0.29) is 0 Å². The lowest BCUT2D eigenvalue weighted by Gasteiger charge is -2.15.